The van der Waals surface area contributed by atoms with Crippen LogP contribution in [-0.2, 0) is 31.5 Å². The van der Waals surface area contributed by atoms with Crippen LogP contribution in [0, 0.1) is 0 Å². The van der Waals surface area contributed by atoms with Gasteiger partial charge in [0.05, 0.1) is 25.9 Å². The summed E-state index contributed by atoms with van der Waals surface area (Å²) in [6.45, 7) is 0.547. The summed E-state index contributed by atoms with van der Waals surface area (Å²) in [6.07, 6.45) is -1.30. The molecule has 4 rings (SSSR count). The highest BCUT2D eigenvalue weighted by Gasteiger charge is 2.57. The number of hydrogen-bond donors (Lipinski definition) is 0. The van der Waals surface area contributed by atoms with Crippen LogP contribution in [0.3, 0.4) is 0 Å². The fourth-order valence-electron chi connectivity index (χ4n) is 3.43. The Morgan fingerprint density at radius 2 is 1.81 bits per heavy atom. The summed E-state index contributed by atoms with van der Waals surface area (Å²) in [7, 11) is 3.12. The summed E-state index contributed by atoms with van der Waals surface area (Å²) in [5, 5.41) is 0. The van der Waals surface area contributed by atoms with E-state index < -0.39 is 18.2 Å². The number of rotatable bonds is 6. The number of carbonyl (C=O) groups is 1. The number of Topliss-reactive ketones (excluding diaryl/α,β-unsaturated/α-hetero) is 1. The second-order valence-electron chi connectivity index (χ2n) is 6.19. The minimum Gasteiger partial charge on any atom is -0.496 e. The molecule has 2 aromatic rings. The van der Waals surface area contributed by atoms with Gasteiger partial charge < -0.3 is 23.7 Å². The van der Waals surface area contributed by atoms with E-state index >= 15 is 0 Å². The van der Waals surface area contributed by atoms with Gasteiger partial charge in [0.15, 0.2) is 11.9 Å². The molecule has 0 aromatic heterocycles. The first kappa shape index (κ1) is 17.2. The van der Waals surface area contributed by atoms with Crippen LogP contribution in [0.25, 0.3) is 0 Å². The number of ketones is 1. The Bertz CT molecular complexity index is 819. The quantitative estimate of drug-likeness (QED) is 0.793. The molecule has 2 bridgehead atoms. The molecule has 136 valence electrons. The zero-order valence-corrected chi connectivity index (χ0v) is 14.6. The lowest BCUT2D eigenvalue weighted by Crippen LogP contribution is -2.40. The number of fused-ring (bicyclic) bond motifs is 4. The average molecular weight is 356 g/mol. The predicted octanol–water partition coefficient (Wildman–Crippen LogP) is 2.65. The maximum absolute atomic E-state index is 12.7. The standard InChI is InChI=1S/C20H20O6/c1-22-16-10-6-3-7-13(16)11-24-12-17-19-18(21)14-8-4-5-9-15(14)20(23-2,25-17)26-19/h3-10,17,19H,11-12H2,1-2H3/t17-,19+,20-/m1/s1. The summed E-state index contributed by atoms with van der Waals surface area (Å²) in [6, 6.07) is 14.8. The Morgan fingerprint density at radius 1 is 1.04 bits per heavy atom. The highest BCUT2D eigenvalue weighted by atomic mass is 16.9. The molecule has 0 spiro atoms. The molecule has 0 N–H and O–H groups in total. The summed E-state index contributed by atoms with van der Waals surface area (Å²) in [5.41, 5.74) is 2.08. The SMILES string of the molecule is COc1ccccc1COC[C@H]1O[C@@]2(OC)O[C@@H]1C(=O)c1ccccc12. The molecule has 0 aliphatic carbocycles. The van der Waals surface area contributed by atoms with Crippen molar-refractivity contribution in [2.45, 2.75) is 24.8 Å². The number of para-hydroxylation sites is 1. The highest BCUT2D eigenvalue weighted by molar-refractivity contribution is 6.02. The Kier molecular flexibility index (Phi) is 4.50. The summed E-state index contributed by atoms with van der Waals surface area (Å²) >= 11 is 0. The van der Waals surface area contributed by atoms with Crippen LogP contribution in [0.2, 0.25) is 0 Å². The molecule has 6 nitrogen and oxygen atoms in total. The molecule has 2 aliphatic heterocycles. The largest absolute Gasteiger partial charge is 0.496 e. The Balaban J connectivity index is 1.49. The van der Waals surface area contributed by atoms with Gasteiger partial charge in [0.25, 0.3) is 0 Å². The van der Waals surface area contributed by atoms with Gasteiger partial charge in [-0.2, -0.15) is 0 Å². The van der Waals surface area contributed by atoms with Gasteiger partial charge in [0.1, 0.15) is 11.9 Å². The van der Waals surface area contributed by atoms with E-state index in [2.05, 4.69) is 0 Å². The van der Waals surface area contributed by atoms with Crippen molar-refractivity contribution in [2.24, 2.45) is 0 Å². The second-order valence-corrected chi connectivity index (χ2v) is 6.19. The van der Waals surface area contributed by atoms with Crippen molar-refractivity contribution >= 4 is 5.78 Å². The van der Waals surface area contributed by atoms with E-state index in [1.165, 1.54) is 7.11 Å². The van der Waals surface area contributed by atoms with E-state index in [-0.39, 0.29) is 12.4 Å². The number of methoxy groups -OCH3 is 2. The van der Waals surface area contributed by atoms with Gasteiger partial charge in [0.2, 0.25) is 0 Å². The van der Waals surface area contributed by atoms with Crippen LogP contribution >= 0.6 is 0 Å². The molecule has 6 heteroatoms. The normalized spacial score (nSPS) is 26.6. The van der Waals surface area contributed by atoms with Crippen molar-refractivity contribution in [1.82, 2.24) is 0 Å². The molecule has 2 heterocycles. The average Bonchev–Trinajstić information content (AvgIpc) is 3.04. The Morgan fingerprint density at radius 3 is 2.62 bits per heavy atom. The lowest BCUT2D eigenvalue weighted by molar-refractivity contribution is -0.344. The molecule has 2 aliphatic rings. The molecule has 3 atom stereocenters. The molecule has 0 unspecified atom stereocenters. The summed E-state index contributed by atoms with van der Waals surface area (Å²) in [5.74, 6) is -0.712. The minimum atomic E-state index is -1.35. The van der Waals surface area contributed by atoms with Crippen LogP contribution in [-0.4, -0.2) is 38.8 Å². The third-order valence-corrected chi connectivity index (χ3v) is 4.71. The first-order valence-corrected chi connectivity index (χ1v) is 8.42. The van der Waals surface area contributed by atoms with Gasteiger partial charge in [-0.3, -0.25) is 4.79 Å². The van der Waals surface area contributed by atoms with Gasteiger partial charge >= 0.3 is 5.97 Å². The lowest BCUT2D eigenvalue weighted by Gasteiger charge is -2.30. The molecular weight excluding hydrogens is 336 g/mol. The second kappa shape index (κ2) is 6.81. The summed E-state index contributed by atoms with van der Waals surface area (Å²) in [4.78, 5) is 12.7. The van der Waals surface area contributed by atoms with Crippen LogP contribution in [0.5, 0.6) is 5.75 Å². The number of hydrogen-bond acceptors (Lipinski definition) is 6. The molecular formula is C20H20O6. The number of benzene rings is 2. The van der Waals surface area contributed by atoms with Crippen molar-refractivity contribution in [3.63, 3.8) is 0 Å². The maximum atomic E-state index is 12.7. The third-order valence-electron chi connectivity index (χ3n) is 4.71. The van der Waals surface area contributed by atoms with E-state index in [9.17, 15) is 4.79 Å². The smallest absolute Gasteiger partial charge is 0.313 e. The number of ether oxygens (including phenoxy) is 5. The molecule has 2 aromatic carbocycles. The molecule has 1 saturated heterocycles. The van der Waals surface area contributed by atoms with Crippen LogP contribution in [0.1, 0.15) is 21.5 Å². The molecule has 0 amide bonds. The van der Waals surface area contributed by atoms with E-state index in [0.717, 1.165) is 11.3 Å². The zero-order valence-electron chi connectivity index (χ0n) is 14.6. The monoisotopic (exact) mass is 356 g/mol. The minimum absolute atomic E-state index is 0.114. The summed E-state index contributed by atoms with van der Waals surface area (Å²) < 4.78 is 28.4. The number of carbonyl (C=O) groups excluding carboxylic acids is 1. The van der Waals surface area contributed by atoms with Crippen molar-refractivity contribution in [3.8, 4) is 5.75 Å². The van der Waals surface area contributed by atoms with Crippen molar-refractivity contribution in [3.05, 3.63) is 65.2 Å². The highest BCUT2D eigenvalue weighted by Crippen LogP contribution is 2.45. The van der Waals surface area contributed by atoms with E-state index in [0.29, 0.717) is 17.7 Å². The third kappa shape index (κ3) is 2.71. The van der Waals surface area contributed by atoms with Crippen molar-refractivity contribution in [1.29, 1.82) is 0 Å². The van der Waals surface area contributed by atoms with E-state index in [1.54, 1.807) is 19.2 Å². The molecule has 0 saturated carbocycles. The van der Waals surface area contributed by atoms with Gasteiger partial charge in [-0.05, 0) is 6.07 Å². The first-order chi connectivity index (χ1) is 12.7. The van der Waals surface area contributed by atoms with Gasteiger partial charge in [-0.25, -0.2) is 0 Å². The van der Waals surface area contributed by atoms with Crippen molar-refractivity contribution in [2.75, 3.05) is 20.8 Å². The lowest BCUT2D eigenvalue weighted by atomic mass is 9.95. The van der Waals surface area contributed by atoms with E-state index in [4.69, 9.17) is 23.7 Å². The van der Waals surface area contributed by atoms with Crippen molar-refractivity contribution < 1.29 is 28.5 Å². The van der Waals surface area contributed by atoms with Crippen LogP contribution in [0.15, 0.2) is 48.5 Å². The molecule has 1 fully saturated rings. The molecule has 26 heavy (non-hydrogen) atoms. The fraction of sp³-hybridized carbons (Fsp3) is 0.350. The fourth-order valence-corrected chi connectivity index (χ4v) is 3.43. The van der Waals surface area contributed by atoms with Gasteiger partial charge in [-0.1, -0.05) is 42.5 Å². The Labute approximate surface area is 151 Å². The zero-order chi connectivity index (χ0) is 18.1. The Hall–Kier alpha value is -2.25. The van der Waals surface area contributed by atoms with Crippen LogP contribution in [0.4, 0.5) is 0 Å². The van der Waals surface area contributed by atoms with E-state index in [1.807, 2.05) is 36.4 Å². The van der Waals surface area contributed by atoms with Gasteiger partial charge in [0, 0.05) is 18.2 Å². The predicted molar refractivity (Wildman–Crippen MR) is 91.9 cm³/mol. The maximum Gasteiger partial charge on any atom is 0.313 e. The van der Waals surface area contributed by atoms with Gasteiger partial charge in [-0.15, -0.1) is 0 Å². The molecule has 0 radical (unpaired) electrons. The first-order valence-electron chi connectivity index (χ1n) is 8.42. The topological polar surface area (TPSA) is 63.2 Å². The van der Waals surface area contributed by atoms with Crippen LogP contribution < -0.4 is 4.74 Å².